The number of hydrogen-bond donors (Lipinski definition) is 1. The number of carbonyl (C=O) groups is 2. The standard InChI is InChI=1S/C22H19N3O2/c26-21(14-3-1-4-14)24-17-7-6-16-13-25(22(27)19(16)12-17)18-8-9-20-15(11-18)5-2-10-23-20/h2,5-12,14H,1,3-4,13H2,(H,24,26). The van der Waals surface area contributed by atoms with Gasteiger partial charge in [-0.2, -0.15) is 0 Å². The molecule has 1 aliphatic heterocycles. The maximum absolute atomic E-state index is 13.0. The van der Waals surface area contributed by atoms with Gasteiger partial charge in [-0.05, 0) is 54.8 Å². The molecule has 2 amide bonds. The summed E-state index contributed by atoms with van der Waals surface area (Å²) in [6.45, 7) is 0.538. The van der Waals surface area contributed by atoms with Crippen molar-refractivity contribution in [3.05, 3.63) is 65.9 Å². The van der Waals surface area contributed by atoms with Gasteiger partial charge in [0.25, 0.3) is 5.91 Å². The number of pyridine rings is 1. The number of amides is 2. The molecule has 5 heteroatoms. The van der Waals surface area contributed by atoms with Crippen molar-refractivity contribution in [1.29, 1.82) is 0 Å². The van der Waals surface area contributed by atoms with Crippen LogP contribution < -0.4 is 10.2 Å². The van der Waals surface area contributed by atoms with Crippen LogP contribution in [0.25, 0.3) is 10.9 Å². The lowest BCUT2D eigenvalue weighted by Crippen LogP contribution is -2.28. The molecule has 5 rings (SSSR count). The van der Waals surface area contributed by atoms with E-state index in [1.54, 1.807) is 17.2 Å². The molecule has 0 atom stereocenters. The Hall–Kier alpha value is -3.21. The van der Waals surface area contributed by atoms with Gasteiger partial charge in [-0.25, -0.2) is 0 Å². The van der Waals surface area contributed by atoms with E-state index >= 15 is 0 Å². The highest BCUT2D eigenvalue weighted by atomic mass is 16.2. The summed E-state index contributed by atoms with van der Waals surface area (Å²) in [7, 11) is 0. The minimum absolute atomic E-state index is 0.0343. The Labute approximate surface area is 157 Å². The summed E-state index contributed by atoms with van der Waals surface area (Å²) in [4.78, 5) is 31.2. The lowest BCUT2D eigenvalue weighted by molar-refractivity contribution is -0.122. The normalized spacial score (nSPS) is 16.3. The van der Waals surface area contributed by atoms with Crippen molar-refractivity contribution in [2.45, 2.75) is 25.8 Å². The van der Waals surface area contributed by atoms with Crippen LogP contribution in [0.15, 0.2) is 54.7 Å². The minimum Gasteiger partial charge on any atom is -0.326 e. The fourth-order valence-electron chi connectivity index (χ4n) is 3.73. The first-order valence-corrected chi connectivity index (χ1v) is 9.29. The number of carbonyl (C=O) groups excluding carboxylic acids is 2. The monoisotopic (exact) mass is 357 g/mol. The summed E-state index contributed by atoms with van der Waals surface area (Å²) in [6.07, 6.45) is 4.80. The van der Waals surface area contributed by atoms with Crippen LogP contribution in [0.4, 0.5) is 11.4 Å². The van der Waals surface area contributed by atoms with Crippen molar-refractivity contribution < 1.29 is 9.59 Å². The van der Waals surface area contributed by atoms with Gasteiger partial charge in [0, 0.05) is 34.4 Å². The molecule has 0 saturated heterocycles. The fourth-order valence-corrected chi connectivity index (χ4v) is 3.73. The predicted octanol–water partition coefficient (Wildman–Crippen LogP) is 4.13. The lowest BCUT2D eigenvalue weighted by Gasteiger charge is -2.24. The molecule has 0 spiro atoms. The molecule has 0 unspecified atom stereocenters. The molecule has 5 nitrogen and oxygen atoms in total. The Balaban J connectivity index is 1.41. The summed E-state index contributed by atoms with van der Waals surface area (Å²) in [5.41, 5.74) is 4.10. The number of anilines is 2. The number of nitrogens with zero attached hydrogens (tertiary/aromatic N) is 2. The van der Waals surface area contributed by atoms with Gasteiger partial charge in [0.05, 0.1) is 12.1 Å². The van der Waals surface area contributed by atoms with E-state index in [-0.39, 0.29) is 17.7 Å². The molecule has 1 fully saturated rings. The number of aromatic nitrogens is 1. The highest BCUT2D eigenvalue weighted by Crippen LogP contribution is 2.32. The van der Waals surface area contributed by atoms with E-state index in [2.05, 4.69) is 10.3 Å². The molecule has 1 N–H and O–H groups in total. The third-order valence-electron chi connectivity index (χ3n) is 5.56. The Kier molecular flexibility index (Phi) is 3.67. The quantitative estimate of drug-likeness (QED) is 0.766. The van der Waals surface area contributed by atoms with Crippen LogP contribution in [0.5, 0.6) is 0 Å². The van der Waals surface area contributed by atoms with E-state index in [9.17, 15) is 9.59 Å². The van der Waals surface area contributed by atoms with Gasteiger partial charge in [-0.1, -0.05) is 18.6 Å². The molecule has 0 radical (unpaired) electrons. The van der Waals surface area contributed by atoms with Gasteiger partial charge in [0.15, 0.2) is 0 Å². The molecule has 2 aromatic carbocycles. The van der Waals surface area contributed by atoms with Crippen molar-refractivity contribution in [1.82, 2.24) is 4.98 Å². The predicted molar refractivity (Wildman–Crippen MR) is 105 cm³/mol. The Morgan fingerprint density at radius 1 is 1.11 bits per heavy atom. The van der Waals surface area contributed by atoms with Crippen LogP contribution in [-0.2, 0) is 11.3 Å². The van der Waals surface area contributed by atoms with Crippen molar-refractivity contribution in [2.75, 3.05) is 10.2 Å². The van der Waals surface area contributed by atoms with Crippen LogP contribution in [0.3, 0.4) is 0 Å². The topological polar surface area (TPSA) is 62.3 Å². The number of benzene rings is 2. The van der Waals surface area contributed by atoms with Gasteiger partial charge in [-0.3, -0.25) is 14.6 Å². The first-order valence-electron chi connectivity index (χ1n) is 9.29. The number of fused-ring (bicyclic) bond motifs is 2. The summed E-state index contributed by atoms with van der Waals surface area (Å²) >= 11 is 0. The van der Waals surface area contributed by atoms with Gasteiger partial charge in [-0.15, -0.1) is 0 Å². The second-order valence-corrected chi connectivity index (χ2v) is 7.26. The van der Waals surface area contributed by atoms with Crippen LogP contribution in [0.1, 0.15) is 35.2 Å². The van der Waals surface area contributed by atoms with Crippen molar-refractivity contribution in [3.63, 3.8) is 0 Å². The molecular weight excluding hydrogens is 338 g/mol. The smallest absolute Gasteiger partial charge is 0.259 e. The van der Waals surface area contributed by atoms with Crippen LogP contribution >= 0.6 is 0 Å². The second-order valence-electron chi connectivity index (χ2n) is 7.26. The number of nitrogens with one attached hydrogen (secondary N) is 1. The second kappa shape index (κ2) is 6.20. The SMILES string of the molecule is O=C(Nc1ccc2c(c1)C(=O)N(c1ccc3ncccc3c1)C2)C1CCC1. The van der Waals surface area contributed by atoms with Crippen molar-refractivity contribution in [3.8, 4) is 0 Å². The molecule has 1 aromatic heterocycles. The molecule has 134 valence electrons. The Bertz CT molecular complexity index is 1070. The molecule has 2 heterocycles. The van der Waals surface area contributed by atoms with E-state index in [1.807, 2.05) is 42.5 Å². The minimum atomic E-state index is -0.0343. The maximum Gasteiger partial charge on any atom is 0.259 e. The van der Waals surface area contributed by atoms with E-state index < -0.39 is 0 Å². The van der Waals surface area contributed by atoms with Gasteiger partial charge in [0.1, 0.15) is 0 Å². The third-order valence-corrected chi connectivity index (χ3v) is 5.56. The Morgan fingerprint density at radius 2 is 2.00 bits per heavy atom. The molecule has 0 bridgehead atoms. The Morgan fingerprint density at radius 3 is 2.81 bits per heavy atom. The van der Waals surface area contributed by atoms with Gasteiger partial charge < -0.3 is 10.2 Å². The zero-order chi connectivity index (χ0) is 18.4. The molecule has 3 aromatic rings. The third kappa shape index (κ3) is 2.76. The van der Waals surface area contributed by atoms with Crippen LogP contribution in [-0.4, -0.2) is 16.8 Å². The summed E-state index contributed by atoms with van der Waals surface area (Å²) in [5, 5.41) is 3.96. The number of hydrogen-bond acceptors (Lipinski definition) is 3. The average molecular weight is 357 g/mol. The zero-order valence-electron chi connectivity index (χ0n) is 14.8. The largest absolute Gasteiger partial charge is 0.326 e. The lowest BCUT2D eigenvalue weighted by atomic mass is 9.85. The van der Waals surface area contributed by atoms with E-state index in [4.69, 9.17) is 0 Å². The fraction of sp³-hybridized carbons (Fsp3) is 0.227. The van der Waals surface area contributed by atoms with Gasteiger partial charge in [0.2, 0.25) is 5.91 Å². The summed E-state index contributed by atoms with van der Waals surface area (Å²) < 4.78 is 0. The van der Waals surface area contributed by atoms with Gasteiger partial charge >= 0.3 is 0 Å². The van der Waals surface area contributed by atoms with Crippen molar-refractivity contribution in [2.24, 2.45) is 5.92 Å². The van der Waals surface area contributed by atoms with Crippen LogP contribution in [0, 0.1) is 5.92 Å². The van der Waals surface area contributed by atoms with E-state index in [1.165, 1.54) is 0 Å². The van der Waals surface area contributed by atoms with Crippen molar-refractivity contribution >= 4 is 34.1 Å². The molecule has 2 aliphatic rings. The molecule has 1 saturated carbocycles. The first kappa shape index (κ1) is 16.0. The molecule has 27 heavy (non-hydrogen) atoms. The molecule has 1 aliphatic carbocycles. The van der Waals surface area contributed by atoms with E-state index in [0.717, 1.165) is 41.4 Å². The number of rotatable bonds is 3. The summed E-state index contributed by atoms with van der Waals surface area (Å²) in [5.74, 6) is 0.148. The first-order chi connectivity index (χ1) is 13.2. The molecular formula is C22H19N3O2. The highest BCUT2D eigenvalue weighted by molar-refractivity contribution is 6.11. The van der Waals surface area contributed by atoms with E-state index in [0.29, 0.717) is 17.8 Å². The maximum atomic E-state index is 13.0. The summed E-state index contributed by atoms with van der Waals surface area (Å²) in [6, 6.07) is 15.4. The highest BCUT2D eigenvalue weighted by Gasteiger charge is 2.30. The van der Waals surface area contributed by atoms with Crippen LogP contribution in [0.2, 0.25) is 0 Å². The average Bonchev–Trinajstić information content (AvgIpc) is 2.96. The zero-order valence-corrected chi connectivity index (χ0v) is 14.8.